The Labute approximate surface area is 207 Å². The lowest BCUT2D eigenvalue weighted by Crippen LogP contribution is -2.03. The van der Waals surface area contributed by atoms with Crippen LogP contribution in [0, 0.1) is 6.92 Å². The Hall–Kier alpha value is -3.55. The lowest BCUT2D eigenvalue weighted by molar-refractivity contribution is 0.112. The van der Waals surface area contributed by atoms with Gasteiger partial charge in [0, 0.05) is 34.4 Å². The number of benzene rings is 2. The zero-order valence-corrected chi connectivity index (χ0v) is 20.2. The van der Waals surface area contributed by atoms with E-state index >= 15 is 0 Å². The van der Waals surface area contributed by atoms with Crippen LogP contribution in [0.5, 0.6) is 0 Å². The van der Waals surface area contributed by atoms with Crippen LogP contribution in [0.15, 0.2) is 54.6 Å². The Kier molecular flexibility index (Phi) is 6.77. The van der Waals surface area contributed by atoms with Gasteiger partial charge in [0.2, 0.25) is 0 Å². The Morgan fingerprint density at radius 1 is 1.09 bits per heavy atom. The van der Waals surface area contributed by atoms with Crippen LogP contribution < -0.4 is 0 Å². The highest BCUT2D eigenvalue weighted by Gasteiger charge is 2.18. The third kappa shape index (κ3) is 4.08. The summed E-state index contributed by atoms with van der Waals surface area (Å²) in [5, 5.41) is 15.4. The van der Waals surface area contributed by atoms with Crippen LogP contribution >= 0.6 is 24.0 Å². The van der Waals surface area contributed by atoms with Crippen LogP contribution in [0.4, 0.5) is 0 Å². The van der Waals surface area contributed by atoms with E-state index in [0.29, 0.717) is 28.5 Å². The summed E-state index contributed by atoms with van der Waals surface area (Å²) in [6.45, 7) is 4.60. The first-order valence-electron chi connectivity index (χ1n) is 10.7. The van der Waals surface area contributed by atoms with Crippen molar-refractivity contribution in [3.8, 4) is 22.5 Å². The number of aryl methyl sites for hydroxylation is 1. The van der Waals surface area contributed by atoms with Gasteiger partial charge in [-0.3, -0.25) is 4.79 Å². The molecule has 0 aliphatic carbocycles. The second-order valence-corrected chi connectivity index (χ2v) is 8.21. The molecule has 0 spiro atoms. The molecule has 1 N–H and O–H groups in total. The van der Waals surface area contributed by atoms with Gasteiger partial charge in [-0.05, 0) is 46.5 Å². The third-order valence-corrected chi connectivity index (χ3v) is 6.25. The molecule has 3 aromatic heterocycles. The van der Waals surface area contributed by atoms with E-state index in [1.54, 1.807) is 0 Å². The minimum Gasteiger partial charge on any atom is -0.340 e. The fourth-order valence-corrected chi connectivity index (χ4v) is 4.54. The number of aromatic nitrogens is 6. The molecule has 7 nitrogen and oxygen atoms in total. The maximum atomic E-state index is 11.8. The van der Waals surface area contributed by atoms with Crippen molar-refractivity contribution in [3.05, 3.63) is 82.3 Å². The number of carbonyl (C=O) groups excluding carboxylic acids is 1. The summed E-state index contributed by atoms with van der Waals surface area (Å²) in [7, 11) is 0. The number of hydrogen-bond donors (Lipinski definition) is 1. The maximum Gasteiger partial charge on any atom is 0.180 e. The molecular formula is C25H22Cl2N6O. The quantitative estimate of drug-likeness (QED) is 0.243. The van der Waals surface area contributed by atoms with Crippen molar-refractivity contribution in [2.24, 2.45) is 0 Å². The molecule has 0 amide bonds. The van der Waals surface area contributed by atoms with Gasteiger partial charge >= 0.3 is 0 Å². The first-order chi connectivity index (χ1) is 16.1. The molecule has 172 valence electrons. The topological polar surface area (TPSA) is 89.3 Å². The second kappa shape index (κ2) is 9.75. The number of nitrogens with zero attached hydrogens (tertiary/aromatic N) is 5. The van der Waals surface area contributed by atoms with E-state index in [4.69, 9.17) is 11.6 Å². The van der Waals surface area contributed by atoms with E-state index in [9.17, 15) is 4.79 Å². The maximum absolute atomic E-state index is 11.8. The zero-order valence-electron chi connectivity index (χ0n) is 18.6. The van der Waals surface area contributed by atoms with Gasteiger partial charge in [-0.25, -0.2) is 10.1 Å². The van der Waals surface area contributed by atoms with E-state index in [2.05, 4.69) is 54.4 Å². The van der Waals surface area contributed by atoms with Crippen LogP contribution in [0.2, 0.25) is 5.15 Å². The highest BCUT2D eigenvalue weighted by molar-refractivity contribution is 6.35. The van der Waals surface area contributed by atoms with Crippen molar-refractivity contribution in [2.75, 3.05) is 0 Å². The van der Waals surface area contributed by atoms with Gasteiger partial charge in [0.25, 0.3) is 0 Å². The molecule has 5 aromatic rings. The minimum absolute atomic E-state index is 0. The Morgan fingerprint density at radius 2 is 1.82 bits per heavy atom. The first-order valence-corrected chi connectivity index (χ1v) is 11.0. The molecule has 0 saturated heterocycles. The predicted octanol–water partition coefficient (Wildman–Crippen LogP) is 5.69. The lowest BCUT2D eigenvalue weighted by Gasteiger charge is -2.11. The molecule has 0 atom stereocenters. The second-order valence-electron chi connectivity index (χ2n) is 7.85. The largest absolute Gasteiger partial charge is 0.340 e. The zero-order chi connectivity index (χ0) is 22.9. The number of H-pyrrole nitrogens is 1. The van der Waals surface area contributed by atoms with Crippen molar-refractivity contribution in [2.45, 2.75) is 26.8 Å². The van der Waals surface area contributed by atoms with Gasteiger partial charge < -0.3 is 4.57 Å². The number of pyridine rings is 1. The Morgan fingerprint density at radius 3 is 2.47 bits per heavy atom. The summed E-state index contributed by atoms with van der Waals surface area (Å²) in [4.78, 5) is 16.3. The van der Waals surface area contributed by atoms with Gasteiger partial charge in [0.05, 0.1) is 5.52 Å². The highest BCUT2D eigenvalue weighted by Crippen LogP contribution is 2.33. The van der Waals surface area contributed by atoms with Gasteiger partial charge in [0.1, 0.15) is 5.15 Å². The van der Waals surface area contributed by atoms with Crippen LogP contribution in [0.25, 0.3) is 33.4 Å². The Bertz CT molecular complexity index is 1460. The van der Waals surface area contributed by atoms with Crippen molar-refractivity contribution < 1.29 is 4.79 Å². The number of aromatic amines is 1. The molecule has 5 rings (SSSR count). The van der Waals surface area contributed by atoms with Gasteiger partial charge in [0.15, 0.2) is 12.1 Å². The average molecular weight is 493 g/mol. The molecule has 0 unspecified atom stereocenters. The van der Waals surface area contributed by atoms with E-state index in [1.807, 2.05) is 44.2 Å². The number of carbonyl (C=O) groups is 1. The normalized spacial score (nSPS) is 10.9. The van der Waals surface area contributed by atoms with E-state index in [0.717, 1.165) is 51.9 Å². The smallest absolute Gasteiger partial charge is 0.180 e. The molecule has 2 aromatic carbocycles. The molecule has 0 saturated carbocycles. The first kappa shape index (κ1) is 23.6. The third-order valence-electron chi connectivity index (χ3n) is 5.98. The van der Waals surface area contributed by atoms with Crippen molar-refractivity contribution >= 4 is 41.2 Å². The van der Waals surface area contributed by atoms with Gasteiger partial charge in [-0.1, -0.05) is 67.1 Å². The monoisotopic (exact) mass is 492 g/mol. The van der Waals surface area contributed by atoms with Crippen LogP contribution in [0.1, 0.15) is 34.2 Å². The van der Waals surface area contributed by atoms with Crippen LogP contribution in [-0.2, 0) is 13.0 Å². The lowest BCUT2D eigenvalue weighted by atomic mass is 9.98. The van der Waals surface area contributed by atoms with Gasteiger partial charge in [-0.15, -0.1) is 17.5 Å². The summed E-state index contributed by atoms with van der Waals surface area (Å²) in [6, 6.07) is 18.4. The fourth-order valence-electron chi connectivity index (χ4n) is 4.23. The number of fused-ring (bicyclic) bond motifs is 1. The summed E-state index contributed by atoms with van der Waals surface area (Å²) in [5.41, 5.74) is 7.46. The minimum atomic E-state index is 0. The molecule has 0 aliphatic rings. The molecule has 0 aliphatic heterocycles. The molecular weight excluding hydrogens is 471 g/mol. The number of halogens is 2. The number of rotatable bonds is 6. The van der Waals surface area contributed by atoms with E-state index in [-0.39, 0.29) is 12.4 Å². The molecule has 3 heterocycles. The van der Waals surface area contributed by atoms with Gasteiger partial charge in [-0.2, -0.15) is 0 Å². The number of nitrogens with one attached hydrogen (secondary N) is 1. The molecule has 9 heteroatoms. The molecule has 34 heavy (non-hydrogen) atoms. The predicted molar refractivity (Wildman–Crippen MR) is 136 cm³/mol. The highest BCUT2D eigenvalue weighted by atomic mass is 35.5. The Balaban J connectivity index is 0.00000274. The van der Waals surface area contributed by atoms with Crippen LogP contribution in [-0.4, -0.2) is 36.5 Å². The molecule has 0 bridgehead atoms. The van der Waals surface area contributed by atoms with Crippen LogP contribution in [0.3, 0.4) is 0 Å². The molecule has 0 fully saturated rings. The van der Waals surface area contributed by atoms with E-state index in [1.165, 1.54) is 0 Å². The number of tetrazole rings is 1. The van der Waals surface area contributed by atoms with Crippen molar-refractivity contribution in [1.82, 2.24) is 30.2 Å². The summed E-state index contributed by atoms with van der Waals surface area (Å²) in [5.74, 6) is 0.628. The number of aldehydes is 1. The van der Waals surface area contributed by atoms with Crippen molar-refractivity contribution in [1.29, 1.82) is 0 Å². The summed E-state index contributed by atoms with van der Waals surface area (Å²) >= 11 is 6.46. The fraction of sp³-hybridized carbons (Fsp3) is 0.160. The summed E-state index contributed by atoms with van der Waals surface area (Å²) < 4.78 is 2.13. The molecule has 0 radical (unpaired) electrons. The van der Waals surface area contributed by atoms with Crippen molar-refractivity contribution in [3.63, 3.8) is 0 Å². The standard InChI is InChI=1S/C25H21ClN6O.ClH/c1-3-18-12-22-23(24(26)27-18)21(14-33)15(2)32(22)13-16-8-10-17(11-9-16)19-6-4-5-7-20(19)25-28-30-31-29-25;/h4-12,14H,3,13H2,1-2H3,(H,28,29,30,31);1H. The summed E-state index contributed by atoms with van der Waals surface area (Å²) in [6.07, 6.45) is 1.64. The SMILES string of the molecule is CCc1cc2c(c(Cl)n1)c(C=O)c(C)n2Cc1ccc(-c2ccccc2-c2nnn[nH]2)cc1.Cl. The van der Waals surface area contributed by atoms with E-state index < -0.39 is 0 Å². The number of hydrogen-bond acceptors (Lipinski definition) is 5. The average Bonchev–Trinajstić information content (AvgIpc) is 3.47.